The van der Waals surface area contributed by atoms with Crippen LogP contribution in [0.15, 0.2) is 0 Å². The Labute approximate surface area is 96.7 Å². The average molecular weight is 227 g/mol. The van der Waals surface area contributed by atoms with E-state index in [0.717, 1.165) is 25.7 Å². The summed E-state index contributed by atoms with van der Waals surface area (Å²) in [4.78, 5) is 22.3. The Balaban J connectivity index is 2.08. The zero-order valence-corrected chi connectivity index (χ0v) is 9.96. The number of ether oxygens (including phenoxy) is 1. The minimum Gasteiger partial charge on any atom is -0.462 e. The molecule has 0 aliphatic heterocycles. The molecule has 0 atom stereocenters. The maximum Gasteiger partial charge on any atom is 0.306 e. The lowest BCUT2D eigenvalue weighted by atomic mass is 9.98. The Hall–Kier alpha value is -1.06. The second-order valence-electron chi connectivity index (χ2n) is 4.28. The minimum absolute atomic E-state index is 0.0227. The number of rotatable bonds is 5. The lowest BCUT2D eigenvalue weighted by Crippen LogP contribution is -2.21. The summed E-state index contributed by atoms with van der Waals surface area (Å²) in [5, 5.41) is 2.53. The Bertz CT molecular complexity index is 234. The van der Waals surface area contributed by atoms with Crippen molar-refractivity contribution in [2.45, 2.75) is 57.5 Å². The molecule has 1 saturated carbocycles. The van der Waals surface area contributed by atoms with E-state index in [1.165, 1.54) is 6.42 Å². The molecular weight excluding hydrogens is 206 g/mol. The standard InChI is InChI=1S/C12H21NO3/c1-13-11(14)8-5-9-12(15)16-10-6-3-2-4-7-10/h10H,2-9H2,1H3,(H,13,14). The van der Waals surface area contributed by atoms with Gasteiger partial charge in [0.2, 0.25) is 5.91 Å². The molecule has 0 radical (unpaired) electrons. The normalized spacial score (nSPS) is 16.8. The molecule has 1 amide bonds. The van der Waals surface area contributed by atoms with Crippen molar-refractivity contribution in [3.8, 4) is 0 Å². The summed E-state index contributed by atoms with van der Waals surface area (Å²) in [6.07, 6.45) is 7.03. The number of esters is 1. The summed E-state index contributed by atoms with van der Waals surface area (Å²) in [6, 6.07) is 0. The van der Waals surface area contributed by atoms with Gasteiger partial charge in [-0.1, -0.05) is 6.42 Å². The van der Waals surface area contributed by atoms with Gasteiger partial charge >= 0.3 is 5.97 Å². The molecule has 0 heterocycles. The Kier molecular flexibility index (Phi) is 5.90. The number of amides is 1. The summed E-state index contributed by atoms with van der Waals surface area (Å²) in [6.45, 7) is 0. The summed E-state index contributed by atoms with van der Waals surface area (Å²) < 4.78 is 5.34. The quantitative estimate of drug-likeness (QED) is 0.728. The van der Waals surface area contributed by atoms with Gasteiger partial charge < -0.3 is 10.1 Å². The molecule has 4 heteroatoms. The van der Waals surface area contributed by atoms with Crippen LogP contribution in [0, 0.1) is 0 Å². The first kappa shape index (κ1) is 13.0. The molecule has 0 saturated heterocycles. The highest BCUT2D eigenvalue weighted by molar-refractivity contribution is 5.76. The van der Waals surface area contributed by atoms with Crippen LogP contribution in [0.3, 0.4) is 0 Å². The highest BCUT2D eigenvalue weighted by Crippen LogP contribution is 2.20. The molecule has 16 heavy (non-hydrogen) atoms. The molecule has 0 unspecified atom stereocenters. The molecule has 92 valence electrons. The molecule has 1 N–H and O–H groups in total. The van der Waals surface area contributed by atoms with Gasteiger partial charge in [-0.25, -0.2) is 0 Å². The molecule has 0 aromatic heterocycles. The third-order valence-corrected chi connectivity index (χ3v) is 2.91. The molecule has 0 bridgehead atoms. The second-order valence-corrected chi connectivity index (χ2v) is 4.28. The first-order valence-electron chi connectivity index (χ1n) is 6.12. The Morgan fingerprint density at radius 1 is 1.19 bits per heavy atom. The molecule has 0 spiro atoms. The zero-order valence-electron chi connectivity index (χ0n) is 9.96. The van der Waals surface area contributed by atoms with Gasteiger partial charge in [-0.05, 0) is 32.1 Å². The Morgan fingerprint density at radius 2 is 1.88 bits per heavy atom. The van der Waals surface area contributed by atoms with Crippen LogP contribution >= 0.6 is 0 Å². The van der Waals surface area contributed by atoms with Crippen molar-refractivity contribution in [1.82, 2.24) is 5.32 Å². The first-order valence-corrected chi connectivity index (χ1v) is 6.12. The highest BCUT2D eigenvalue weighted by Gasteiger charge is 2.17. The number of hydrogen-bond donors (Lipinski definition) is 1. The van der Waals surface area contributed by atoms with Gasteiger partial charge in [-0.3, -0.25) is 9.59 Å². The molecule has 1 fully saturated rings. The van der Waals surface area contributed by atoms with E-state index in [1.807, 2.05) is 0 Å². The summed E-state index contributed by atoms with van der Waals surface area (Å²) in [7, 11) is 1.60. The predicted octanol–water partition coefficient (Wildman–Crippen LogP) is 1.78. The molecule has 4 nitrogen and oxygen atoms in total. The van der Waals surface area contributed by atoms with Crippen LogP contribution in [0.5, 0.6) is 0 Å². The molecular formula is C12H21NO3. The third-order valence-electron chi connectivity index (χ3n) is 2.91. The summed E-state index contributed by atoms with van der Waals surface area (Å²) in [5.74, 6) is -0.179. The van der Waals surface area contributed by atoms with E-state index >= 15 is 0 Å². The third kappa shape index (κ3) is 5.14. The fourth-order valence-electron chi connectivity index (χ4n) is 1.95. The van der Waals surface area contributed by atoms with Crippen molar-refractivity contribution in [3.63, 3.8) is 0 Å². The highest BCUT2D eigenvalue weighted by atomic mass is 16.5. The van der Waals surface area contributed by atoms with Crippen LogP contribution in [0.25, 0.3) is 0 Å². The maximum absolute atomic E-state index is 11.4. The first-order chi connectivity index (χ1) is 7.72. The van der Waals surface area contributed by atoms with E-state index in [-0.39, 0.29) is 18.0 Å². The predicted molar refractivity (Wildman–Crippen MR) is 60.9 cm³/mol. The van der Waals surface area contributed by atoms with Gasteiger partial charge in [0.05, 0.1) is 0 Å². The van der Waals surface area contributed by atoms with Gasteiger partial charge in [-0.2, -0.15) is 0 Å². The van der Waals surface area contributed by atoms with E-state index in [2.05, 4.69) is 5.32 Å². The molecule has 1 aliphatic rings. The number of hydrogen-bond acceptors (Lipinski definition) is 3. The van der Waals surface area contributed by atoms with E-state index in [4.69, 9.17) is 4.74 Å². The smallest absolute Gasteiger partial charge is 0.306 e. The molecule has 0 aromatic carbocycles. The lowest BCUT2D eigenvalue weighted by molar-refractivity contribution is -0.150. The minimum atomic E-state index is -0.157. The van der Waals surface area contributed by atoms with Crippen LogP contribution in [0.1, 0.15) is 51.4 Å². The van der Waals surface area contributed by atoms with Crippen molar-refractivity contribution >= 4 is 11.9 Å². The van der Waals surface area contributed by atoms with E-state index in [1.54, 1.807) is 7.05 Å². The second kappa shape index (κ2) is 7.25. The van der Waals surface area contributed by atoms with E-state index < -0.39 is 0 Å². The SMILES string of the molecule is CNC(=O)CCCC(=O)OC1CCCCC1. The van der Waals surface area contributed by atoms with Gasteiger partial charge in [0.25, 0.3) is 0 Å². The van der Waals surface area contributed by atoms with Crippen molar-refractivity contribution in [2.75, 3.05) is 7.05 Å². The van der Waals surface area contributed by atoms with E-state index in [0.29, 0.717) is 19.3 Å². The van der Waals surface area contributed by atoms with Crippen LogP contribution < -0.4 is 5.32 Å². The van der Waals surface area contributed by atoms with Crippen molar-refractivity contribution in [3.05, 3.63) is 0 Å². The maximum atomic E-state index is 11.4. The molecule has 0 aromatic rings. The van der Waals surface area contributed by atoms with Crippen molar-refractivity contribution in [2.24, 2.45) is 0 Å². The van der Waals surface area contributed by atoms with Crippen LogP contribution in [-0.2, 0) is 14.3 Å². The van der Waals surface area contributed by atoms with Crippen molar-refractivity contribution < 1.29 is 14.3 Å². The van der Waals surface area contributed by atoms with Gasteiger partial charge in [0.1, 0.15) is 6.10 Å². The zero-order chi connectivity index (χ0) is 11.8. The molecule has 1 rings (SSSR count). The largest absolute Gasteiger partial charge is 0.462 e. The van der Waals surface area contributed by atoms with Crippen LogP contribution in [0.4, 0.5) is 0 Å². The lowest BCUT2D eigenvalue weighted by Gasteiger charge is -2.21. The van der Waals surface area contributed by atoms with Gasteiger partial charge in [0, 0.05) is 19.9 Å². The Morgan fingerprint density at radius 3 is 2.50 bits per heavy atom. The van der Waals surface area contributed by atoms with Gasteiger partial charge in [0.15, 0.2) is 0 Å². The number of carbonyl (C=O) groups is 2. The fraction of sp³-hybridized carbons (Fsp3) is 0.833. The fourth-order valence-corrected chi connectivity index (χ4v) is 1.95. The number of nitrogens with one attached hydrogen (secondary N) is 1. The monoisotopic (exact) mass is 227 g/mol. The van der Waals surface area contributed by atoms with Crippen LogP contribution in [-0.4, -0.2) is 25.0 Å². The van der Waals surface area contributed by atoms with Crippen molar-refractivity contribution in [1.29, 1.82) is 0 Å². The summed E-state index contributed by atoms with van der Waals surface area (Å²) in [5.41, 5.74) is 0. The topological polar surface area (TPSA) is 55.4 Å². The molecule has 1 aliphatic carbocycles. The average Bonchev–Trinajstić information content (AvgIpc) is 2.30. The van der Waals surface area contributed by atoms with E-state index in [9.17, 15) is 9.59 Å². The van der Waals surface area contributed by atoms with Gasteiger partial charge in [-0.15, -0.1) is 0 Å². The summed E-state index contributed by atoms with van der Waals surface area (Å²) >= 11 is 0. The van der Waals surface area contributed by atoms with Crippen LogP contribution in [0.2, 0.25) is 0 Å². The number of carbonyl (C=O) groups excluding carboxylic acids is 2.